The predicted octanol–water partition coefficient (Wildman–Crippen LogP) is 0.336. The van der Waals surface area contributed by atoms with Crippen molar-refractivity contribution in [3.63, 3.8) is 0 Å². The van der Waals surface area contributed by atoms with E-state index in [9.17, 15) is 9.90 Å². The Labute approximate surface area is 82.2 Å². The van der Waals surface area contributed by atoms with Gasteiger partial charge in [0.2, 0.25) is 5.56 Å². The van der Waals surface area contributed by atoms with Crippen molar-refractivity contribution in [3.8, 4) is 0 Å². The van der Waals surface area contributed by atoms with Crippen LogP contribution >= 0.6 is 0 Å². The first-order valence-corrected chi connectivity index (χ1v) is 4.88. The van der Waals surface area contributed by atoms with Gasteiger partial charge in [-0.3, -0.25) is 4.79 Å². The number of hydrogen-bond acceptors (Lipinski definition) is 3. The highest BCUT2D eigenvalue weighted by Crippen LogP contribution is 2.15. The first-order chi connectivity index (χ1) is 6.75. The molecule has 1 aromatic rings. The lowest BCUT2D eigenvalue weighted by molar-refractivity contribution is 0.145. The number of anilines is 1. The molecule has 0 unspecified atom stereocenters. The molecule has 2 N–H and O–H groups in total. The van der Waals surface area contributed by atoms with Crippen molar-refractivity contribution in [2.45, 2.75) is 18.9 Å². The van der Waals surface area contributed by atoms with Crippen LogP contribution < -0.4 is 10.5 Å². The second-order valence-corrected chi connectivity index (χ2v) is 3.62. The largest absolute Gasteiger partial charge is 0.393 e. The Morgan fingerprint density at radius 2 is 2.07 bits per heavy atom. The summed E-state index contributed by atoms with van der Waals surface area (Å²) in [4.78, 5) is 15.9. The molecule has 2 rings (SSSR count). The third kappa shape index (κ3) is 1.96. The van der Waals surface area contributed by atoms with E-state index in [0.717, 1.165) is 31.7 Å². The minimum atomic E-state index is -0.179. The van der Waals surface area contributed by atoms with Crippen LogP contribution in [0.4, 0.5) is 5.82 Å². The molecule has 0 radical (unpaired) electrons. The fourth-order valence-electron chi connectivity index (χ4n) is 1.73. The molecule has 4 heteroatoms. The van der Waals surface area contributed by atoms with Crippen molar-refractivity contribution in [2.75, 3.05) is 18.0 Å². The van der Waals surface area contributed by atoms with E-state index in [1.165, 1.54) is 6.07 Å². The first-order valence-electron chi connectivity index (χ1n) is 4.88. The molecule has 14 heavy (non-hydrogen) atoms. The monoisotopic (exact) mass is 194 g/mol. The van der Waals surface area contributed by atoms with Crippen LogP contribution in [0, 0.1) is 0 Å². The standard InChI is InChI=1S/C10H14N2O2/c13-8-4-6-12(7-5-8)9-2-1-3-10(14)11-9/h1-3,8,13H,4-7H2,(H,11,14). The summed E-state index contributed by atoms with van der Waals surface area (Å²) in [6.07, 6.45) is 1.37. The number of nitrogens with zero attached hydrogens (tertiary/aromatic N) is 1. The van der Waals surface area contributed by atoms with Crippen molar-refractivity contribution in [3.05, 3.63) is 28.6 Å². The Balaban J connectivity index is 2.12. The lowest BCUT2D eigenvalue weighted by atomic mass is 10.1. The summed E-state index contributed by atoms with van der Waals surface area (Å²) in [7, 11) is 0. The van der Waals surface area contributed by atoms with E-state index >= 15 is 0 Å². The number of hydrogen-bond donors (Lipinski definition) is 2. The van der Waals surface area contributed by atoms with Gasteiger partial charge in [-0.25, -0.2) is 0 Å². The zero-order valence-electron chi connectivity index (χ0n) is 7.94. The van der Waals surface area contributed by atoms with E-state index in [1.54, 1.807) is 6.07 Å². The van der Waals surface area contributed by atoms with Crippen molar-refractivity contribution in [2.24, 2.45) is 0 Å². The average molecular weight is 194 g/mol. The number of H-pyrrole nitrogens is 1. The van der Waals surface area contributed by atoms with Gasteiger partial charge in [-0.2, -0.15) is 0 Å². The molecule has 0 bridgehead atoms. The summed E-state index contributed by atoms with van der Waals surface area (Å²) in [5, 5.41) is 9.33. The molecule has 0 saturated carbocycles. The molecule has 0 amide bonds. The topological polar surface area (TPSA) is 56.3 Å². The number of aromatic amines is 1. The van der Waals surface area contributed by atoms with E-state index in [-0.39, 0.29) is 11.7 Å². The van der Waals surface area contributed by atoms with Crippen molar-refractivity contribution >= 4 is 5.82 Å². The minimum absolute atomic E-state index is 0.0754. The maximum atomic E-state index is 11.1. The molecular weight excluding hydrogens is 180 g/mol. The van der Waals surface area contributed by atoms with Crippen LogP contribution in [0.3, 0.4) is 0 Å². The van der Waals surface area contributed by atoms with Crippen LogP contribution in [-0.2, 0) is 0 Å². The zero-order valence-corrected chi connectivity index (χ0v) is 7.94. The maximum absolute atomic E-state index is 11.1. The number of aromatic nitrogens is 1. The summed E-state index contributed by atoms with van der Waals surface area (Å²) in [5.74, 6) is 0.851. The Morgan fingerprint density at radius 3 is 2.71 bits per heavy atom. The highest BCUT2D eigenvalue weighted by atomic mass is 16.3. The molecule has 76 valence electrons. The average Bonchev–Trinajstić information content (AvgIpc) is 2.19. The van der Waals surface area contributed by atoms with Crippen LogP contribution in [0.2, 0.25) is 0 Å². The van der Waals surface area contributed by atoms with E-state index in [1.807, 2.05) is 6.07 Å². The Hall–Kier alpha value is -1.29. The highest BCUT2D eigenvalue weighted by Gasteiger charge is 2.17. The third-order valence-corrected chi connectivity index (χ3v) is 2.56. The van der Waals surface area contributed by atoms with E-state index in [2.05, 4.69) is 9.88 Å². The second-order valence-electron chi connectivity index (χ2n) is 3.62. The Morgan fingerprint density at radius 1 is 1.36 bits per heavy atom. The third-order valence-electron chi connectivity index (χ3n) is 2.56. The number of nitrogens with one attached hydrogen (secondary N) is 1. The molecular formula is C10H14N2O2. The lowest BCUT2D eigenvalue weighted by Crippen LogP contribution is -2.36. The molecule has 0 atom stereocenters. The van der Waals surface area contributed by atoms with E-state index in [4.69, 9.17) is 0 Å². The SMILES string of the molecule is O=c1cccc(N2CCC(O)CC2)[nH]1. The molecule has 0 spiro atoms. The number of pyridine rings is 1. The lowest BCUT2D eigenvalue weighted by Gasteiger charge is -2.30. The summed E-state index contributed by atoms with van der Waals surface area (Å²) >= 11 is 0. The number of rotatable bonds is 1. The molecule has 1 aliphatic heterocycles. The predicted molar refractivity (Wildman–Crippen MR) is 54.5 cm³/mol. The molecule has 4 nitrogen and oxygen atoms in total. The summed E-state index contributed by atoms with van der Waals surface area (Å²) in [6, 6.07) is 5.14. The second kappa shape index (κ2) is 3.84. The molecule has 1 saturated heterocycles. The maximum Gasteiger partial charge on any atom is 0.249 e. The van der Waals surface area contributed by atoms with E-state index in [0.29, 0.717) is 0 Å². The van der Waals surface area contributed by atoms with Gasteiger partial charge in [-0.05, 0) is 18.9 Å². The van der Waals surface area contributed by atoms with Crippen LogP contribution in [0.5, 0.6) is 0 Å². The normalized spacial score (nSPS) is 18.5. The molecule has 1 aromatic heterocycles. The highest BCUT2D eigenvalue weighted by molar-refractivity contribution is 5.37. The smallest absolute Gasteiger partial charge is 0.249 e. The van der Waals surface area contributed by atoms with Gasteiger partial charge in [0, 0.05) is 19.2 Å². The van der Waals surface area contributed by atoms with Crippen LogP contribution in [0.1, 0.15) is 12.8 Å². The molecule has 1 aliphatic rings. The van der Waals surface area contributed by atoms with Gasteiger partial charge in [-0.15, -0.1) is 0 Å². The summed E-state index contributed by atoms with van der Waals surface area (Å²) in [6.45, 7) is 1.61. The van der Waals surface area contributed by atoms with Gasteiger partial charge in [0.25, 0.3) is 0 Å². The summed E-state index contributed by atoms with van der Waals surface area (Å²) < 4.78 is 0. The molecule has 1 fully saturated rings. The van der Waals surface area contributed by atoms with Crippen molar-refractivity contribution in [1.82, 2.24) is 4.98 Å². The van der Waals surface area contributed by atoms with Crippen molar-refractivity contribution in [1.29, 1.82) is 0 Å². The van der Waals surface area contributed by atoms with Crippen molar-refractivity contribution < 1.29 is 5.11 Å². The number of aliphatic hydroxyl groups is 1. The van der Waals surface area contributed by atoms with Gasteiger partial charge < -0.3 is 15.0 Å². The quantitative estimate of drug-likeness (QED) is 0.677. The Bertz CT molecular complexity index is 353. The molecule has 0 aromatic carbocycles. The number of piperidine rings is 1. The fraction of sp³-hybridized carbons (Fsp3) is 0.500. The van der Waals surface area contributed by atoms with E-state index < -0.39 is 0 Å². The van der Waals surface area contributed by atoms with Crippen LogP contribution in [-0.4, -0.2) is 29.3 Å². The Kier molecular flexibility index (Phi) is 2.54. The van der Waals surface area contributed by atoms with Gasteiger partial charge in [-0.1, -0.05) is 6.07 Å². The molecule has 2 heterocycles. The zero-order chi connectivity index (χ0) is 9.97. The fourth-order valence-corrected chi connectivity index (χ4v) is 1.73. The van der Waals surface area contributed by atoms with Gasteiger partial charge >= 0.3 is 0 Å². The number of aliphatic hydroxyl groups excluding tert-OH is 1. The first kappa shape index (κ1) is 9.27. The summed E-state index contributed by atoms with van der Waals surface area (Å²) in [5.41, 5.74) is -0.0754. The van der Waals surface area contributed by atoms with Gasteiger partial charge in [0.1, 0.15) is 5.82 Å². The molecule has 0 aliphatic carbocycles. The van der Waals surface area contributed by atoms with Gasteiger partial charge in [0.05, 0.1) is 6.10 Å². The minimum Gasteiger partial charge on any atom is -0.393 e. The van der Waals surface area contributed by atoms with Crippen LogP contribution in [0.25, 0.3) is 0 Å². The van der Waals surface area contributed by atoms with Crippen LogP contribution in [0.15, 0.2) is 23.0 Å². The van der Waals surface area contributed by atoms with Gasteiger partial charge in [0.15, 0.2) is 0 Å².